The maximum Gasteiger partial charge on any atom is 0.343 e. The molecule has 140 valence electrons. The van der Waals surface area contributed by atoms with E-state index in [9.17, 15) is 14.4 Å². The van der Waals surface area contributed by atoms with E-state index in [0.29, 0.717) is 11.7 Å². The number of rotatable bonds is 8. The third-order valence-electron chi connectivity index (χ3n) is 3.69. The molecule has 1 aromatic heterocycles. The SMILES string of the molecule is CCCn1c(SCC(=O)NCC(=O)Nc2c(C)cccc2C)n[nH]c1=O. The molecule has 2 rings (SSSR count). The van der Waals surface area contributed by atoms with E-state index in [1.165, 1.54) is 4.57 Å². The number of nitrogens with zero attached hydrogens (tertiary/aromatic N) is 2. The Labute approximate surface area is 155 Å². The summed E-state index contributed by atoms with van der Waals surface area (Å²) >= 11 is 1.15. The molecule has 2 amide bonds. The number of thioether (sulfide) groups is 1. The molecule has 0 saturated heterocycles. The Kier molecular flexibility index (Phi) is 7.02. The van der Waals surface area contributed by atoms with E-state index >= 15 is 0 Å². The largest absolute Gasteiger partial charge is 0.346 e. The standard InChI is InChI=1S/C17H23N5O3S/c1-4-8-22-16(25)20-21-17(22)26-10-14(24)18-9-13(23)19-15-11(2)6-5-7-12(15)3/h5-7H,4,8-10H2,1-3H3,(H,18,24)(H,19,23)(H,20,25). The first kappa shape index (κ1) is 19.8. The zero-order chi connectivity index (χ0) is 19.1. The molecule has 0 bridgehead atoms. The second-order valence-electron chi connectivity index (χ2n) is 5.84. The summed E-state index contributed by atoms with van der Waals surface area (Å²) < 4.78 is 1.49. The zero-order valence-electron chi connectivity index (χ0n) is 15.1. The topological polar surface area (TPSA) is 109 Å². The Morgan fingerprint density at radius 3 is 2.58 bits per heavy atom. The number of aromatic nitrogens is 3. The van der Waals surface area contributed by atoms with Crippen molar-refractivity contribution < 1.29 is 9.59 Å². The Balaban J connectivity index is 1.82. The van der Waals surface area contributed by atoms with Crippen LogP contribution < -0.4 is 16.3 Å². The van der Waals surface area contributed by atoms with Crippen LogP contribution in [-0.4, -0.2) is 38.9 Å². The van der Waals surface area contributed by atoms with E-state index < -0.39 is 0 Å². The minimum atomic E-state index is -0.301. The fourth-order valence-electron chi connectivity index (χ4n) is 2.39. The number of carbonyl (C=O) groups is 2. The average Bonchev–Trinajstić information content (AvgIpc) is 2.95. The van der Waals surface area contributed by atoms with Crippen molar-refractivity contribution in [3.63, 3.8) is 0 Å². The molecule has 0 saturated carbocycles. The smallest absolute Gasteiger partial charge is 0.343 e. The van der Waals surface area contributed by atoms with Gasteiger partial charge in [-0.1, -0.05) is 36.9 Å². The lowest BCUT2D eigenvalue weighted by Crippen LogP contribution is -2.34. The lowest BCUT2D eigenvalue weighted by atomic mass is 10.1. The van der Waals surface area contributed by atoms with Gasteiger partial charge in [0.2, 0.25) is 11.8 Å². The van der Waals surface area contributed by atoms with Gasteiger partial charge in [-0.25, -0.2) is 9.89 Å². The van der Waals surface area contributed by atoms with Gasteiger partial charge in [0.05, 0.1) is 12.3 Å². The van der Waals surface area contributed by atoms with Gasteiger partial charge in [0, 0.05) is 12.2 Å². The quantitative estimate of drug-likeness (QED) is 0.603. The van der Waals surface area contributed by atoms with Gasteiger partial charge in [0.1, 0.15) is 0 Å². The number of hydrogen-bond acceptors (Lipinski definition) is 5. The molecule has 8 nitrogen and oxygen atoms in total. The predicted molar refractivity (Wildman–Crippen MR) is 101 cm³/mol. The summed E-state index contributed by atoms with van der Waals surface area (Å²) in [6.45, 7) is 6.21. The minimum absolute atomic E-state index is 0.0741. The summed E-state index contributed by atoms with van der Waals surface area (Å²) in [6.07, 6.45) is 0.789. The first-order chi connectivity index (χ1) is 12.4. The van der Waals surface area contributed by atoms with Crippen molar-refractivity contribution in [3.05, 3.63) is 39.8 Å². The normalized spacial score (nSPS) is 10.6. The first-order valence-electron chi connectivity index (χ1n) is 8.33. The molecule has 9 heteroatoms. The molecular weight excluding hydrogens is 354 g/mol. The Bertz CT molecular complexity index is 823. The highest BCUT2D eigenvalue weighted by atomic mass is 32.2. The number of carbonyl (C=O) groups excluding carboxylic acids is 2. The lowest BCUT2D eigenvalue weighted by molar-refractivity contribution is -0.122. The molecular formula is C17H23N5O3S. The number of para-hydroxylation sites is 1. The average molecular weight is 377 g/mol. The van der Waals surface area contributed by atoms with Crippen LogP contribution in [0.25, 0.3) is 0 Å². The van der Waals surface area contributed by atoms with Crippen LogP contribution >= 0.6 is 11.8 Å². The molecule has 1 aromatic carbocycles. The van der Waals surface area contributed by atoms with E-state index in [0.717, 1.165) is 35.0 Å². The summed E-state index contributed by atoms with van der Waals surface area (Å²) in [5.41, 5.74) is 2.41. The number of aryl methyl sites for hydroxylation is 2. The van der Waals surface area contributed by atoms with Gasteiger partial charge in [-0.15, -0.1) is 5.10 Å². The van der Waals surface area contributed by atoms with E-state index in [1.807, 2.05) is 39.0 Å². The number of nitrogens with one attached hydrogen (secondary N) is 3. The van der Waals surface area contributed by atoms with Gasteiger partial charge >= 0.3 is 5.69 Å². The van der Waals surface area contributed by atoms with Crippen LogP contribution in [-0.2, 0) is 16.1 Å². The van der Waals surface area contributed by atoms with Crippen molar-refractivity contribution in [2.75, 3.05) is 17.6 Å². The third kappa shape index (κ3) is 5.22. The van der Waals surface area contributed by atoms with Crippen LogP contribution in [0.1, 0.15) is 24.5 Å². The summed E-state index contributed by atoms with van der Waals surface area (Å²) in [5.74, 6) is -0.515. The molecule has 0 aliphatic carbocycles. The van der Waals surface area contributed by atoms with Crippen molar-refractivity contribution in [2.24, 2.45) is 0 Å². The monoisotopic (exact) mass is 377 g/mol. The van der Waals surface area contributed by atoms with E-state index in [-0.39, 0.29) is 29.8 Å². The minimum Gasteiger partial charge on any atom is -0.346 e. The molecule has 1 heterocycles. The lowest BCUT2D eigenvalue weighted by Gasteiger charge is -2.11. The fraction of sp³-hybridized carbons (Fsp3) is 0.412. The van der Waals surface area contributed by atoms with Crippen molar-refractivity contribution >= 4 is 29.3 Å². The second-order valence-corrected chi connectivity index (χ2v) is 6.79. The van der Waals surface area contributed by atoms with E-state index in [2.05, 4.69) is 20.8 Å². The summed E-state index contributed by atoms with van der Waals surface area (Å²) in [7, 11) is 0. The Morgan fingerprint density at radius 1 is 1.23 bits per heavy atom. The summed E-state index contributed by atoms with van der Waals surface area (Å²) in [5, 5.41) is 12.1. The number of amides is 2. The highest BCUT2D eigenvalue weighted by Crippen LogP contribution is 2.19. The van der Waals surface area contributed by atoms with Crippen LogP contribution in [0.15, 0.2) is 28.2 Å². The van der Waals surface area contributed by atoms with Gasteiger partial charge in [0.15, 0.2) is 5.16 Å². The summed E-state index contributed by atoms with van der Waals surface area (Å²) in [6, 6.07) is 5.75. The van der Waals surface area contributed by atoms with Gasteiger partial charge < -0.3 is 10.6 Å². The zero-order valence-corrected chi connectivity index (χ0v) is 15.9. The molecule has 0 unspecified atom stereocenters. The molecule has 0 aliphatic rings. The Morgan fingerprint density at radius 2 is 1.92 bits per heavy atom. The van der Waals surface area contributed by atoms with Crippen LogP contribution in [0.4, 0.5) is 5.69 Å². The van der Waals surface area contributed by atoms with E-state index in [4.69, 9.17) is 0 Å². The predicted octanol–water partition coefficient (Wildman–Crippen LogP) is 1.45. The molecule has 0 fully saturated rings. The molecule has 2 aromatic rings. The van der Waals surface area contributed by atoms with Gasteiger partial charge in [-0.05, 0) is 31.4 Å². The maximum absolute atomic E-state index is 12.0. The highest BCUT2D eigenvalue weighted by Gasteiger charge is 2.12. The van der Waals surface area contributed by atoms with Crippen LogP contribution in [0.5, 0.6) is 0 Å². The molecule has 0 radical (unpaired) electrons. The second kappa shape index (κ2) is 9.23. The van der Waals surface area contributed by atoms with Gasteiger partial charge in [-0.2, -0.15) is 0 Å². The van der Waals surface area contributed by atoms with Crippen molar-refractivity contribution in [1.29, 1.82) is 0 Å². The highest BCUT2D eigenvalue weighted by molar-refractivity contribution is 7.99. The summed E-state index contributed by atoms with van der Waals surface area (Å²) in [4.78, 5) is 35.6. The van der Waals surface area contributed by atoms with Crippen LogP contribution in [0, 0.1) is 13.8 Å². The van der Waals surface area contributed by atoms with Crippen LogP contribution in [0.3, 0.4) is 0 Å². The van der Waals surface area contributed by atoms with E-state index in [1.54, 1.807) is 0 Å². The van der Waals surface area contributed by atoms with Crippen LogP contribution in [0.2, 0.25) is 0 Å². The third-order valence-corrected chi connectivity index (χ3v) is 4.67. The van der Waals surface area contributed by atoms with Gasteiger partial charge in [0.25, 0.3) is 0 Å². The number of benzene rings is 1. The molecule has 3 N–H and O–H groups in total. The number of anilines is 1. The molecule has 0 spiro atoms. The molecule has 0 aliphatic heterocycles. The first-order valence-corrected chi connectivity index (χ1v) is 9.31. The van der Waals surface area contributed by atoms with Crippen molar-refractivity contribution in [1.82, 2.24) is 20.1 Å². The molecule has 26 heavy (non-hydrogen) atoms. The van der Waals surface area contributed by atoms with Crippen molar-refractivity contribution in [2.45, 2.75) is 38.9 Å². The fourth-order valence-corrected chi connectivity index (χ4v) is 3.19. The number of hydrogen-bond donors (Lipinski definition) is 3. The Hall–Kier alpha value is -2.55. The number of aromatic amines is 1. The maximum atomic E-state index is 12.0. The van der Waals surface area contributed by atoms with Crippen molar-refractivity contribution in [3.8, 4) is 0 Å². The molecule has 0 atom stereocenters. The number of H-pyrrole nitrogens is 1. The van der Waals surface area contributed by atoms with Gasteiger partial charge in [-0.3, -0.25) is 14.2 Å².